The van der Waals surface area contributed by atoms with E-state index in [1.165, 1.54) is 0 Å². The van der Waals surface area contributed by atoms with E-state index >= 15 is 0 Å². The summed E-state index contributed by atoms with van der Waals surface area (Å²) >= 11 is 0. The Bertz CT molecular complexity index is 183. The molecule has 1 rings (SSSR count). The van der Waals surface area contributed by atoms with Crippen LogP contribution in [-0.2, 0) is 0 Å². The first-order valence-corrected chi connectivity index (χ1v) is 2.97. The van der Waals surface area contributed by atoms with Crippen LogP contribution in [0.2, 0.25) is 0 Å². The van der Waals surface area contributed by atoms with E-state index in [1.54, 1.807) is 0 Å². The van der Waals surface area contributed by atoms with Gasteiger partial charge in [0.25, 0.3) is 0 Å². The number of anilines is 1. The van der Waals surface area contributed by atoms with Gasteiger partial charge in [-0.3, -0.25) is 0 Å². The summed E-state index contributed by atoms with van der Waals surface area (Å²) < 4.78 is 0. The second-order valence-electron chi connectivity index (χ2n) is 1.76. The molecule has 0 bridgehead atoms. The second-order valence-corrected chi connectivity index (χ2v) is 1.76. The minimum atomic E-state index is -2.17. The van der Waals surface area contributed by atoms with E-state index in [-0.39, 0.29) is 51.4 Å². The van der Waals surface area contributed by atoms with E-state index in [2.05, 4.69) is 0 Å². The van der Waals surface area contributed by atoms with Gasteiger partial charge < -0.3 is 20.8 Å². The van der Waals surface area contributed by atoms with Gasteiger partial charge in [0.2, 0.25) is 0 Å². The molecular formula is C6H11BKNO3. The van der Waals surface area contributed by atoms with Crippen molar-refractivity contribution in [1.29, 1.82) is 0 Å². The monoisotopic (exact) mass is 195 g/mol. The number of nitrogens with two attached hydrogens (primary N) is 1. The molecule has 0 amide bonds. The van der Waals surface area contributed by atoms with E-state index < -0.39 is 7.32 Å². The average Bonchev–Trinajstić information content (AvgIpc) is 1.87. The third-order valence-corrected chi connectivity index (χ3v) is 0.800. The van der Waals surface area contributed by atoms with E-state index in [0.717, 1.165) is 5.69 Å². The average molecular weight is 195 g/mol. The number of benzene rings is 1. The van der Waals surface area contributed by atoms with Crippen molar-refractivity contribution < 1.29 is 15.1 Å². The van der Waals surface area contributed by atoms with E-state index in [9.17, 15) is 0 Å². The Kier molecular flexibility index (Phi) is 12.2. The van der Waals surface area contributed by atoms with Crippen LogP contribution in [0.25, 0.3) is 0 Å². The summed E-state index contributed by atoms with van der Waals surface area (Å²) in [6, 6.07) is 9.49. The summed E-state index contributed by atoms with van der Waals surface area (Å²) in [4.78, 5) is 0. The first kappa shape index (κ1) is 15.1. The zero-order chi connectivity index (χ0) is 8.69. The predicted molar refractivity (Wildman–Crippen MR) is 50.4 cm³/mol. The summed E-state index contributed by atoms with van der Waals surface area (Å²) in [6.45, 7) is 0. The van der Waals surface area contributed by atoms with Gasteiger partial charge in [-0.1, -0.05) is 18.2 Å². The quantitative estimate of drug-likeness (QED) is 0.302. The molecule has 0 unspecified atom stereocenters. The van der Waals surface area contributed by atoms with Crippen LogP contribution >= 0.6 is 0 Å². The molecule has 0 saturated carbocycles. The maximum atomic E-state index is 7.17. The molecule has 0 saturated heterocycles. The van der Waals surface area contributed by atoms with Crippen molar-refractivity contribution in [1.82, 2.24) is 0 Å². The van der Waals surface area contributed by atoms with Gasteiger partial charge in [-0.25, -0.2) is 0 Å². The molecule has 0 heterocycles. The number of hydrogen-bond acceptors (Lipinski definition) is 4. The van der Waals surface area contributed by atoms with Crippen molar-refractivity contribution in [2.75, 3.05) is 5.73 Å². The van der Waals surface area contributed by atoms with Gasteiger partial charge in [0.05, 0.1) is 0 Å². The van der Waals surface area contributed by atoms with Crippen LogP contribution in [0.1, 0.15) is 0 Å². The van der Waals surface area contributed by atoms with Crippen LogP contribution in [0.3, 0.4) is 0 Å². The van der Waals surface area contributed by atoms with E-state index in [4.69, 9.17) is 20.8 Å². The van der Waals surface area contributed by atoms with Crippen LogP contribution in [0.5, 0.6) is 0 Å². The number of hydrogen-bond donors (Lipinski definition) is 4. The standard InChI is InChI=1S/C6H7N.BH3O3.K.H/c7-6-4-2-1-3-5-6;2-1(3)4;;/h1-5H,7H2;2-4H;;. The summed E-state index contributed by atoms with van der Waals surface area (Å²) in [6.07, 6.45) is 0. The van der Waals surface area contributed by atoms with Crippen molar-refractivity contribution in [2.24, 2.45) is 0 Å². The summed E-state index contributed by atoms with van der Waals surface area (Å²) in [5.74, 6) is 0. The molecule has 0 aromatic heterocycles. The fourth-order valence-corrected chi connectivity index (χ4v) is 0.453. The van der Waals surface area contributed by atoms with Gasteiger partial charge in [-0.2, -0.15) is 0 Å². The Labute approximate surface area is 114 Å². The van der Waals surface area contributed by atoms with Crippen LogP contribution in [0.15, 0.2) is 30.3 Å². The Hall–Kier alpha value is 0.601. The molecule has 4 nitrogen and oxygen atoms in total. The van der Waals surface area contributed by atoms with Crippen molar-refractivity contribution in [2.45, 2.75) is 0 Å². The van der Waals surface area contributed by atoms with Crippen molar-refractivity contribution in [3.8, 4) is 0 Å². The van der Waals surface area contributed by atoms with Crippen LogP contribution in [0.4, 0.5) is 5.69 Å². The van der Waals surface area contributed by atoms with Crippen molar-refractivity contribution in [3.05, 3.63) is 30.3 Å². The minimum absolute atomic E-state index is 0. The number of nitrogen functional groups attached to an aromatic ring is 1. The Balaban J connectivity index is 0. The third-order valence-electron chi connectivity index (χ3n) is 0.800. The van der Waals surface area contributed by atoms with E-state index in [1.807, 2.05) is 30.3 Å². The van der Waals surface area contributed by atoms with Gasteiger partial charge >= 0.3 is 58.7 Å². The number of rotatable bonds is 0. The number of para-hydroxylation sites is 1. The van der Waals surface area contributed by atoms with Gasteiger partial charge in [-0.05, 0) is 12.1 Å². The Morgan fingerprint density at radius 1 is 1.00 bits per heavy atom. The zero-order valence-electron chi connectivity index (χ0n) is 5.88. The zero-order valence-corrected chi connectivity index (χ0v) is 5.88. The summed E-state index contributed by atoms with van der Waals surface area (Å²) in [5, 5.41) is 21.5. The van der Waals surface area contributed by atoms with Crippen LogP contribution in [0, 0.1) is 0 Å². The van der Waals surface area contributed by atoms with E-state index in [0.29, 0.717) is 0 Å². The molecule has 0 aliphatic rings. The Morgan fingerprint density at radius 3 is 1.50 bits per heavy atom. The molecule has 0 spiro atoms. The molecule has 6 heteroatoms. The summed E-state index contributed by atoms with van der Waals surface area (Å²) in [5.41, 5.74) is 6.18. The molecule has 62 valence electrons. The van der Waals surface area contributed by atoms with Gasteiger partial charge in [0.15, 0.2) is 0 Å². The second kappa shape index (κ2) is 9.69. The fraction of sp³-hybridized carbons (Fsp3) is 0. The molecule has 0 atom stereocenters. The van der Waals surface area contributed by atoms with Crippen LogP contribution in [-0.4, -0.2) is 73.8 Å². The predicted octanol–water partition coefficient (Wildman–Crippen LogP) is -1.43. The summed E-state index contributed by atoms with van der Waals surface area (Å²) in [7, 11) is -2.17. The van der Waals surface area contributed by atoms with Crippen LogP contribution < -0.4 is 5.73 Å². The molecule has 0 aliphatic heterocycles. The molecule has 0 radical (unpaired) electrons. The molecular weight excluding hydrogens is 184 g/mol. The molecule has 1 aromatic rings. The molecule has 5 N–H and O–H groups in total. The molecule has 0 aliphatic carbocycles. The van der Waals surface area contributed by atoms with Gasteiger partial charge in [0.1, 0.15) is 0 Å². The third kappa shape index (κ3) is 13.2. The van der Waals surface area contributed by atoms with Crippen molar-refractivity contribution >= 4 is 64.4 Å². The Morgan fingerprint density at radius 2 is 1.33 bits per heavy atom. The first-order chi connectivity index (χ1) is 5.13. The molecule has 1 aromatic carbocycles. The SMILES string of the molecule is Nc1ccccc1.OB(O)O.[KH]. The van der Waals surface area contributed by atoms with Gasteiger partial charge in [-0.15, -0.1) is 0 Å². The first-order valence-electron chi connectivity index (χ1n) is 2.97. The normalized spacial score (nSPS) is 7.25. The van der Waals surface area contributed by atoms with Gasteiger partial charge in [0, 0.05) is 5.69 Å². The fourth-order valence-electron chi connectivity index (χ4n) is 0.453. The topological polar surface area (TPSA) is 86.7 Å². The molecule has 0 fully saturated rings. The molecule has 12 heavy (non-hydrogen) atoms. The maximum absolute atomic E-state index is 7.17. The van der Waals surface area contributed by atoms with Crippen molar-refractivity contribution in [3.63, 3.8) is 0 Å².